The van der Waals surface area contributed by atoms with Gasteiger partial charge in [0.05, 0.1) is 0 Å². The average molecular weight is 323 g/mol. The molecule has 0 saturated heterocycles. The van der Waals surface area contributed by atoms with Crippen molar-refractivity contribution in [3.05, 3.63) is 0 Å². The molecule has 107 valence electrons. The molecule has 0 aromatic rings. The topological polar surface area (TPSA) is 61.0 Å². The molecule has 1 radical (unpaired) electrons. The van der Waals surface area contributed by atoms with E-state index in [0.29, 0.717) is 16.2 Å². The van der Waals surface area contributed by atoms with E-state index in [1.165, 1.54) is 0 Å². The summed E-state index contributed by atoms with van der Waals surface area (Å²) in [6.07, 6.45) is 0. The molecule has 0 aromatic carbocycles. The van der Waals surface area contributed by atoms with Crippen LogP contribution in [-0.4, -0.2) is 6.54 Å². The Labute approximate surface area is 136 Å². The Bertz CT molecular complexity index is 135. The predicted octanol–water partition coefficient (Wildman–Crippen LogP) is 4.87. The van der Waals surface area contributed by atoms with Crippen LogP contribution in [0.4, 0.5) is 0 Å². The predicted molar refractivity (Wildman–Crippen MR) is 79.2 cm³/mol. The van der Waals surface area contributed by atoms with Crippen LogP contribution in [0.5, 0.6) is 0 Å². The van der Waals surface area contributed by atoms with E-state index in [1.54, 1.807) is 0 Å². The summed E-state index contributed by atoms with van der Waals surface area (Å²) in [7, 11) is 0. The minimum atomic E-state index is 0. The third kappa shape index (κ3) is 22.7. The molecule has 0 aromatic heterocycles. The molecule has 0 atom stereocenters. The molecular formula is C14H38N2Y. The van der Waals surface area contributed by atoms with E-state index in [0.717, 1.165) is 6.54 Å². The summed E-state index contributed by atoms with van der Waals surface area (Å²) in [4.78, 5) is 0. The molecule has 3 heteroatoms. The Kier molecular flexibility index (Phi) is 19.7. The van der Waals surface area contributed by atoms with Gasteiger partial charge in [0.1, 0.15) is 0 Å². The first-order chi connectivity index (χ1) is 5.81. The molecule has 0 fully saturated rings. The minimum absolute atomic E-state index is 0. The van der Waals surface area contributed by atoms with Crippen LogP contribution in [0.2, 0.25) is 0 Å². The molecule has 0 spiro atoms. The van der Waals surface area contributed by atoms with Gasteiger partial charge in [-0.1, -0.05) is 69.7 Å². The van der Waals surface area contributed by atoms with Crippen molar-refractivity contribution >= 4 is 0 Å². The van der Waals surface area contributed by atoms with E-state index in [1.807, 2.05) is 0 Å². The van der Waals surface area contributed by atoms with Crippen LogP contribution in [0.25, 0.3) is 0 Å². The Morgan fingerprint density at radius 1 is 0.706 bits per heavy atom. The molecule has 0 aliphatic rings. The second-order valence-corrected chi connectivity index (χ2v) is 7.26. The van der Waals surface area contributed by atoms with Crippen molar-refractivity contribution < 1.29 is 32.7 Å². The smallest absolute Gasteiger partial charge is 0 e. The van der Waals surface area contributed by atoms with E-state index in [2.05, 4.69) is 62.3 Å². The van der Waals surface area contributed by atoms with Crippen LogP contribution in [0.15, 0.2) is 0 Å². The van der Waals surface area contributed by atoms with Gasteiger partial charge >= 0.3 is 0 Å². The number of hydrogen-bond acceptors (Lipinski definition) is 2. The second-order valence-electron chi connectivity index (χ2n) is 7.26. The molecule has 0 amide bonds. The van der Waals surface area contributed by atoms with Crippen LogP contribution in [0.3, 0.4) is 0 Å². The fourth-order valence-corrected chi connectivity index (χ4v) is 0. The standard InChI is InChI=1S/C8H18.C5H13N.CH4.H3N.Y/c1-7(2,3)8(4,5)6;1-5(2,3)4-6;;;/h1-6H3;4,6H2,1-3H3;1H4;1H3;. The maximum atomic E-state index is 5.31. The van der Waals surface area contributed by atoms with Crippen molar-refractivity contribution in [2.45, 2.75) is 69.7 Å². The van der Waals surface area contributed by atoms with E-state index < -0.39 is 0 Å². The summed E-state index contributed by atoms with van der Waals surface area (Å²) in [5.41, 5.74) is 6.50. The normalized spacial score (nSPS) is 10.9. The zero-order valence-electron chi connectivity index (χ0n) is 13.1. The summed E-state index contributed by atoms with van der Waals surface area (Å²) >= 11 is 0. The molecule has 0 bridgehead atoms. The number of rotatable bonds is 0. The first-order valence-corrected chi connectivity index (χ1v) is 5.51. The van der Waals surface area contributed by atoms with Crippen molar-refractivity contribution in [1.82, 2.24) is 6.15 Å². The Morgan fingerprint density at radius 2 is 0.824 bits per heavy atom. The fraction of sp³-hybridized carbons (Fsp3) is 1.00. The van der Waals surface area contributed by atoms with Gasteiger partial charge in [-0.3, -0.25) is 0 Å². The summed E-state index contributed by atoms with van der Waals surface area (Å²) in [6.45, 7) is 20.8. The van der Waals surface area contributed by atoms with Gasteiger partial charge in [-0.15, -0.1) is 0 Å². The van der Waals surface area contributed by atoms with Gasteiger partial charge in [0.2, 0.25) is 0 Å². The Balaban J connectivity index is -0.0000000493. The van der Waals surface area contributed by atoms with Crippen LogP contribution < -0.4 is 11.9 Å². The van der Waals surface area contributed by atoms with E-state index in [-0.39, 0.29) is 46.3 Å². The average Bonchev–Trinajstić information content (AvgIpc) is 1.82. The SMILES string of the molecule is C.CC(C)(C)C(C)(C)C.CC(C)(C)CN.N.[Y]. The summed E-state index contributed by atoms with van der Waals surface area (Å²) in [6, 6.07) is 0. The van der Waals surface area contributed by atoms with E-state index in [9.17, 15) is 0 Å². The molecule has 0 unspecified atom stereocenters. The third-order valence-corrected chi connectivity index (χ3v) is 2.86. The van der Waals surface area contributed by atoms with Crippen LogP contribution in [0.1, 0.15) is 69.7 Å². The van der Waals surface area contributed by atoms with Crippen molar-refractivity contribution in [3.8, 4) is 0 Å². The van der Waals surface area contributed by atoms with Crippen molar-refractivity contribution in [2.24, 2.45) is 22.0 Å². The zero-order valence-corrected chi connectivity index (χ0v) is 15.9. The molecule has 17 heavy (non-hydrogen) atoms. The van der Waals surface area contributed by atoms with E-state index in [4.69, 9.17) is 5.73 Å². The summed E-state index contributed by atoms with van der Waals surface area (Å²) in [5, 5.41) is 0. The third-order valence-electron chi connectivity index (χ3n) is 2.86. The Morgan fingerprint density at radius 3 is 0.824 bits per heavy atom. The summed E-state index contributed by atoms with van der Waals surface area (Å²) in [5.74, 6) is 0. The summed E-state index contributed by atoms with van der Waals surface area (Å²) < 4.78 is 0. The Hall–Kier alpha value is 1.02. The molecule has 0 heterocycles. The molecule has 2 nitrogen and oxygen atoms in total. The van der Waals surface area contributed by atoms with Gasteiger partial charge in [0, 0.05) is 32.7 Å². The largest absolute Gasteiger partial charge is 0.344 e. The van der Waals surface area contributed by atoms with Gasteiger partial charge in [-0.25, -0.2) is 0 Å². The zero-order chi connectivity index (χ0) is 12.2. The maximum absolute atomic E-state index is 5.31. The van der Waals surface area contributed by atoms with Crippen LogP contribution >= 0.6 is 0 Å². The van der Waals surface area contributed by atoms with Gasteiger partial charge < -0.3 is 11.9 Å². The molecule has 0 aliphatic carbocycles. The van der Waals surface area contributed by atoms with Crippen molar-refractivity contribution in [3.63, 3.8) is 0 Å². The van der Waals surface area contributed by atoms with Gasteiger partial charge in [0.25, 0.3) is 0 Å². The molecule has 0 rings (SSSR count). The van der Waals surface area contributed by atoms with Gasteiger partial charge in [-0.2, -0.15) is 0 Å². The maximum Gasteiger partial charge on any atom is 0 e. The monoisotopic (exact) mass is 323 g/mol. The van der Waals surface area contributed by atoms with Crippen LogP contribution in [-0.2, 0) is 32.7 Å². The quantitative estimate of drug-likeness (QED) is 0.668. The van der Waals surface area contributed by atoms with Crippen molar-refractivity contribution in [2.75, 3.05) is 6.54 Å². The number of hydrogen-bond donors (Lipinski definition) is 2. The molecule has 5 N–H and O–H groups in total. The van der Waals surface area contributed by atoms with Gasteiger partial charge in [0.15, 0.2) is 0 Å². The first kappa shape index (κ1) is 30.8. The van der Waals surface area contributed by atoms with Crippen LogP contribution in [0, 0.1) is 16.2 Å². The molecule has 0 saturated carbocycles. The van der Waals surface area contributed by atoms with Crippen molar-refractivity contribution in [1.29, 1.82) is 0 Å². The molecule has 0 aliphatic heterocycles. The number of nitrogens with two attached hydrogens (primary N) is 1. The van der Waals surface area contributed by atoms with Gasteiger partial charge in [-0.05, 0) is 22.8 Å². The second kappa shape index (κ2) is 10.9. The fourth-order valence-electron chi connectivity index (χ4n) is 0. The van der Waals surface area contributed by atoms with E-state index >= 15 is 0 Å². The minimum Gasteiger partial charge on any atom is -0.344 e. The first-order valence-electron chi connectivity index (χ1n) is 5.51. The molecular weight excluding hydrogens is 285 g/mol.